The number of para-hydroxylation sites is 1. The molecule has 0 saturated carbocycles. The van der Waals surface area contributed by atoms with Crippen molar-refractivity contribution >= 4 is 22.8 Å². The first-order valence-corrected chi connectivity index (χ1v) is 8.43. The summed E-state index contributed by atoms with van der Waals surface area (Å²) in [5.74, 6) is -1.33. The first kappa shape index (κ1) is 18.3. The number of rotatable bonds is 5. The van der Waals surface area contributed by atoms with Crippen molar-refractivity contribution in [3.63, 3.8) is 0 Å². The maximum Gasteiger partial charge on any atom is 0.405 e. The molecule has 0 aliphatic heterocycles. The molecule has 138 valence electrons. The first-order valence-electron chi connectivity index (χ1n) is 8.43. The predicted octanol–water partition coefficient (Wildman–Crippen LogP) is 2.71. The Morgan fingerprint density at radius 1 is 1.07 bits per heavy atom. The summed E-state index contributed by atoms with van der Waals surface area (Å²) in [5, 5.41) is 12.5. The van der Waals surface area contributed by atoms with Crippen molar-refractivity contribution in [2.45, 2.75) is 20.5 Å². The lowest BCUT2D eigenvalue weighted by Crippen LogP contribution is -2.34. The third-order valence-corrected chi connectivity index (χ3v) is 4.08. The summed E-state index contributed by atoms with van der Waals surface area (Å²) in [5.41, 5.74) is 1.78. The molecule has 0 fully saturated rings. The van der Waals surface area contributed by atoms with Crippen LogP contribution in [0.5, 0.6) is 0 Å². The van der Waals surface area contributed by atoms with Crippen LogP contribution in [0.3, 0.4) is 0 Å². The quantitative estimate of drug-likeness (QED) is 0.392. The Bertz CT molecular complexity index is 1020. The summed E-state index contributed by atoms with van der Waals surface area (Å²) < 4.78 is 10.8. The number of pyridine rings is 2. The number of hydrogen-bond donors (Lipinski definition) is 0. The second-order valence-electron chi connectivity index (χ2n) is 5.78. The Balaban J connectivity index is 1.97. The number of carbonyl (C=O) groups is 2. The number of carbonyl (C=O) groups excluding carboxylic acids is 2. The molecule has 0 spiro atoms. The Labute approximate surface area is 155 Å². The molecule has 7 heteroatoms. The zero-order valence-electron chi connectivity index (χ0n) is 15.0. The van der Waals surface area contributed by atoms with Gasteiger partial charge in [-0.3, -0.25) is 0 Å². The molecule has 1 aromatic carbocycles. The van der Waals surface area contributed by atoms with Gasteiger partial charge in [0.05, 0.1) is 23.4 Å². The number of nitrogens with zero attached hydrogens (tertiary/aromatic N) is 2. The lowest BCUT2D eigenvalue weighted by Gasteiger charge is -2.14. The van der Waals surface area contributed by atoms with Crippen molar-refractivity contribution in [3.05, 3.63) is 76.4 Å². The van der Waals surface area contributed by atoms with Gasteiger partial charge in [-0.05, 0) is 31.5 Å². The van der Waals surface area contributed by atoms with Crippen LogP contribution in [0.25, 0.3) is 10.9 Å². The van der Waals surface area contributed by atoms with Crippen LogP contribution in [0, 0.1) is 12.1 Å². The van der Waals surface area contributed by atoms with E-state index >= 15 is 0 Å². The zero-order valence-corrected chi connectivity index (χ0v) is 15.0. The number of fused-ring (bicyclic) bond motifs is 1. The summed E-state index contributed by atoms with van der Waals surface area (Å²) in [7, 11) is 0. The van der Waals surface area contributed by atoms with Gasteiger partial charge in [-0.15, -0.1) is 0 Å². The highest BCUT2D eigenvalue weighted by Gasteiger charge is 2.23. The van der Waals surface area contributed by atoms with Gasteiger partial charge >= 0.3 is 17.6 Å². The van der Waals surface area contributed by atoms with Gasteiger partial charge < -0.3 is 14.7 Å². The van der Waals surface area contributed by atoms with Crippen LogP contribution in [0.1, 0.15) is 39.0 Å². The lowest BCUT2D eigenvalue weighted by molar-refractivity contribution is -0.608. The maximum atomic E-state index is 12.4. The van der Waals surface area contributed by atoms with Crippen molar-refractivity contribution in [3.8, 4) is 0 Å². The van der Waals surface area contributed by atoms with Crippen molar-refractivity contribution < 1.29 is 23.8 Å². The fourth-order valence-corrected chi connectivity index (χ4v) is 2.81. The van der Waals surface area contributed by atoms with Crippen LogP contribution in [0.4, 0.5) is 0 Å². The summed E-state index contributed by atoms with van der Waals surface area (Å²) in [6, 6.07) is 11.8. The van der Waals surface area contributed by atoms with E-state index < -0.39 is 11.9 Å². The molecular weight excluding hydrogens is 348 g/mol. The second kappa shape index (κ2) is 7.82. The van der Waals surface area contributed by atoms with Gasteiger partial charge in [-0.1, -0.05) is 18.2 Å². The Kier molecular flexibility index (Phi) is 5.30. The number of hydrogen-bond acceptors (Lipinski definition) is 6. The molecule has 27 heavy (non-hydrogen) atoms. The van der Waals surface area contributed by atoms with Crippen LogP contribution in [-0.4, -0.2) is 23.5 Å². The zero-order chi connectivity index (χ0) is 19.4. The molecule has 0 aliphatic rings. The van der Waals surface area contributed by atoms with Gasteiger partial charge in [0.2, 0.25) is 0 Å². The highest BCUT2D eigenvalue weighted by molar-refractivity contribution is 5.98. The average molecular weight is 366 g/mol. The Hall–Kier alpha value is -3.48. The largest absolute Gasteiger partial charge is 0.618 e. The number of aryl methyl sites for hydroxylation is 1. The van der Waals surface area contributed by atoms with Gasteiger partial charge in [-0.25, -0.2) is 14.6 Å². The highest BCUT2D eigenvalue weighted by atomic mass is 16.5. The van der Waals surface area contributed by atoms with E-state index in [1.54, 1.807) is 19.9 Å². The minimum Gasteiger partial charge on any atom is -0.618 e. The van der Waals surface area contributed by atoms with Crippen molar-refractivity contribution in [2.75, 3.05) is 6.61 Å². The molecule has 3 aromatic rings. The summed E-state index contributed by atoms with van der Waals surface area (Å²) in [4.78, 5) is 29.1. The van der Waals surface area contributed by atoms with E-state index in [0.717, 1.165) is 5.39 Å². The summed E-state index contributed by atoms with van der Waals surface area (Å²) >= 11 is 0. The fraction of sp³-hybridized carbons (Fsp3) is 0.200. The molecule has 2 aromatic heterocycles. The van der Waals surface area contributed by atoms with Crippen LogP contribution in [0.2, 0.25) is 0 Å². The molecule has 0 bridgehead atoms. The van der Waals surface area contributed by atoms with Crippen molar-refractivity contribution in [1.82, 2.24) is 4.98 Å². The number of esters is 2. The predicted molar refractivity (Wildman–Crippen MR) is 97.0 cm³/mol. The number of aromatic nitrogens is 2. The van der Waals surface area contributed by atoms with E-state index in [1.807, 2.05) is 24.3 Å². The Morgan fingerprint density at radius 3 is 2.56 bits per heavy atom. The highest BCUT2D eigenvalue weighted by Crippen LogP contribution is 2.24. The third kappa shape index (κ3) is 3.72. The maximum absolute atomic E-state index is 12.4. The van der Waals surface area contributed by atoms with Gasteiger partial charge in [0.15, 0.2) is 6.20 Å². The van der Waals surface area contributed by atoms with E-state index in [-0.39, 0.29) is 30.2 Å². The molecule has 3 rings (SSSR count). The smallest absolute Gasteiger partial charge is 0.405 e. The molecule has 0 saturated heterocycles. The van der Waals surface area contributed by atoms with Gasteiger partial charge in [0, 0.05) is 17.5 Å². The second-order valence-corrected chi connectivity index (χ2v) is 5.78. The topological polar surface area (TPSA) is 92.4 Å². The number of benzene rings is 1. The molecule has 0 unspecified atom stereocenters. The van der Waals surface area contributed by atoms with Gasteiger partial charge in [0.1, 0.15) is 6.61 Å². The molecule has 7 nitrogen and oxygen atoms in total. The van der Waals surface area contributed by atoms with E-state index in [9.17, 15) is 14.8 Å². The van der Waals surface area contributed by atoms with E-state index in [1.165, 1.54) is 18.3 Å². The van der Waals surface area contributed by atoms with Crippen LogP contribution >= 0.6 is 0 Å². The monoisotopic (exact) mass is 366 g/mol. The van der Waals surface area contributed by atoms with E-state index in [2.05, 4.69) is 4.98 Å². The van der Waals surface area contributed by atoms with Crippen LogP contribution < -0.4 is 4.73 Å². The minimum atomic E-state index is -0.798. The van der Waals surface area contributed by atoms with Gasteiger partial charge in [-0.2, -0.15) is 4.73 Å². The first-order chi connectivity index (χ1) is 13.0. The lowest BCUT2D eigenvalue weighted by atomic mass is 10.0. The van der Waals surface area contributed by atoms with Gasteiger partial charge in [0.25, 0.3) is 0 Å². The molecule has 0 atom stereocenters. The molecule has 2 heterocycles. The third-order valence-electron chi connectivity index (χ3n) is 4.08. The molecule has 0 amide bonds. The summed E-state index contributed by atoms with van der Waals surface area (Å²) in [6.07, 6.45) is 1.21. The minimum absolute atomic E-state index is 0.146. The van der Waals surface area contributed by atoms with Crippen LogP contribution in [0.15, 0.2) is 48.7 Å². The van der Waals surface area contributed by atoms with Crippen molar-refractivity contribution in [2.24, 2.45) is 0 Å². The molecule has 0 radical (unpaired) electrons. The molecule has 0 N–H and O–H groups in total. The van der Waals surface area contributed by atoms with Crippen LogP contribution in [-0.2, 0) is 16.1 Å². The Morgan fingerprint density at radius 2 is 1.81 bits per heavy atom. The number of ether oxygens (including phenoxy) is 2. The van der Waals surface area contributed by atoms with E-state index in [4.69, 9.17) is 9.47 Å². The SMILES string of the molecule is CCOC(=O)c1c(COC(=O)c2cccc[n+]2[O-])nc2ccccc2c1C. The average Bonchev–Trinajstić information content (AvgIpc) is 2.66. The summed E-state index contributed by atoms with van der Waals surface area (Å²) in [6.45, 7) is 3.46. The van der Waals surface area contributed by atoms with E-state index in [0.29, 0.717) is 15.8 Å². The normalized spacial score (nSPS) is 10.6. The van der Waals surface area contributed by atoms with Crippen molar-refractivity contribution in [1.29, 1.82) is 0 Å². The molecule has 0 aliphatic carbocycles. The molecular formula is C20H18N2O5. The fourth-order valence-electron chi connectivity index (χ4n) is 2.81. The standard InChI is InChI=1S/C20H18N2O5/c1-3-26-20(24)18-13(2)14-8-4-5-9-15(14)21-16(18)12-27-19(23)17-10-6-7-11-22(17)25/h4-11H,3,12H2,1-2H3.